The van der Waals surface area contributed by atoms with Crippen LogP contribution in [0.15, 0.2) is 79.3 Å². The third kappa shape index (κ3) is 3.65. The fourth-order valence-corrected chi connectivity index (χ4v) is 6.13. The topological polar surface area (TPSA) is 69.8 Å². The van der Waals surface area contributed by atoms with Gasteiger partial charge in [-0.2, -0.15) is 5.10 Å². The van der Waals surface area contributed by atoms with Gasteiger partial charge in [-0.25, -0.2) is 9.50 Å². The lowest BCUT2D eigenvalue weighted by Gasteiger charge is -2.33. The summed E-state index contributed by atoms with van der Waals surface area (Å²) in [6, 6.07) is 20.5. The molecule has 2 atom stereocenters. The van der Waals surface area contributed by atoms with Crippen molar-refractivity contribution in [3.8, 4) is 39.4 Å². The van der Waals surface area contributed by atoms with Gasteiger partial charge in [-0.1, -0.05) is 23.7 Å². The lowest BCUT2D eigenvalue weighted by atomic mass is 10.0. The summed E-state index contributed by atoms with van der Waals surface area (Å²) in [6.45, 7) is 2.13. The highest BCUT2D eigenvalue weighted by Gasteiger charge is 2.41. The van der Waals surface area contributed by atoms with Crippen molar-refractivity contribution in [3.05, 3.63) is 84.3 Å². The van der Waals surface area contributed by atoms with Gasteiger partial charge in [-0.15, -0.1) is 0 Å². The molecule has 7 nitrogen and oxygen atoms in total. The normalized spacial score (nSPS) is 19.2. The summed E-state index contributed by atoms with van der Waals surface area (Å²) >= 11 is 6.93. The number of fused-ring (bicyclic) bond motifs is 3. The Kier molecular flexibility index (Phi) is 5.16. The SMILES string of the molecule is CN1C[C@H]2C[C@@H]1CN2c1ccc(-c2ccnc3c(-c4cccc(O)c4)c(-c4ccncc4)nn23)c(Cl)c1. The van der Waals surface area contributed by atoms with E-state index in [-0.39, 0.29) is 5.75 Å². The lowest BCUT2D eigenvalue weighted by molar-refractivity contribution is 0.292. The first kappa shape index (κ1) is 22.3. The minimum Gasteiger partial charge on any atom is -0.508 e. The van der Waals surface area contributed by atoms with Crippen molar-refractivity contribution in [1.82, 2.24) is 24.5 Å². The Hall–Kier alpha value is -3.94. The summed E-state index contributed by atoms with van der Waals surface area (Å²) in [7, 11) is 2.21. The van der Waals surface area contributed by atoms with E-state index in [9.17, 15) is 5.11 Å². The zero-order valence-electron chi connectivity index (χ0n) is 20.3. The van der Waals surface area contributed by atoms with Crippen LogP contribution in [0.5, 0.6) is 5.75 Å². The number of rotatable bonds is 4. The van der Waals surface area contributed by atoms with Crippen LogP contribution in [0.25, 0.3) is 39.3 Å². The van der Waals surface area contributed by atoms with Crippen molar-refractivity contribution in [2.24, 2.45) is 0 Å². The Morgan fingerprint density at radius 3 is 2.51 bits per heavy atom. The maximum atomic E-state index is 10.2. The van der Waals surface area contributed by atoms with Gasteiger partial charge < -0.3 is 10.0 Å². The van der Waals surface area contributed by atoms with Crippen LogP contribution in [0.1, 0.15) is 6.42 Å². The van der Waals surface area contributed by atoms with Gasteiger partial charge in [0, 0.05) is 60.6 Å². The Balaban J connectivity index is 1.37. The Labute approximate surface area is 219 Å². The number of halogens is 1. The molecular formula is C29H25ClN6O. The number of nitrogens with zero attached hydrogens (tertiary/aromatic N) is 6. The second-order valence-corrected chi connectivity index (χ2v) is 10.3. The monoisotopic (exact) mass is 508 g/mol. The molecule has 8 heteroatoms. The van der Waals surface area contributed by atoms with Gasteiger partial charge in [0.25, 0.3) is 0 Å². The summed E-state index contributed by atoms with van der Waals surface area (Å²) in [5, 5.41) is 15.9. The number of piperazine rings is 1. The van der Waals surface area contributed by atoms with Gasteiger partial charge in [-0.05, 0) is 67.6 Å². The van der Waals surface area contributed by atoms with E-state index >= 15 is 0 Å². The summed E-state index contributed by atoms with van der Waals surface area (Å²) in [5.41, 5.74) is 6.96. The highest BCUT2D eigenvalue weighted by atomic mass is 35.5. The molecule has 184 valence electrons. The van der Waals surface area contributed by atoms with Crippen LogP contribution in [0, 0.1) is 0 Å². The molecule has 5 aromatic rings. The van der Waals surface area contributed by atoms with Crippen molar-refractivity contribution >= 4 is 22.9 Å². The third-order valence-electron chi connectivity index (χ3n) is 7.68. The zero-order valence-corrected chi connectivity index (χ0v) is 21.0. The summed E-state index contributed by atoms with van der Waals surface area (Å²) in [4.78, 5) is 13.8. The Morgan fingerprint density at radius 1 is 0.919 bits per heavy atom. The first-order valence-electron chi connectivity index (χ1n) is 12.4. The van der Waals surface area contributed by atoms with Crippen LogP contribution in [-0.2, 0) is 0 Å². The number of phenols is 1. The van der Waals surface area contributed by atoms with Gasteiger partial charge in [0.05, 0.1) is 16.3 Å². The molecule has 37 heavy (non-hydrogen) atoms. The zero-order chi connectivity index (χ0) is 25.1. The number of likely N-dealkylation sites (N-methyl/N-ethyl adjacent to an activating group) is 1. The molecule has 1 N–H and O–H groups in total. The Morgan fingerprint density at radius 2 is 1.78 bits per heavy atom. The minimum atomic E-state index is 0.189. The molecule has 2 aromatic carbocycles. The smallest absolute Gasteiger partial charge is 0.164 e. The predicted octanol–water partition coefficient (Wildman–Crippen LogP) is 5.38. The lowest BCUT2D eigenvalue weighted by Crippen LogP contribution is -2.44. The highest BCUT2D eigenvalue weighted by molar-refractivity contribution is 6.33. The number of phenolic OH excluding ortho intramolecular Hbond substituents is 1. The largest absolute Gasteiger partial charge is 0.508 e. The minimum absolute atomic E-state index is 0.189. The van der Waals surface area contributed by atoms with E-state index in [2.05, 4.69) is 40.0 Å². The molecular weight excluding hydrogens is 484 g/mol. The maximum absolute atomic E-state index is 10.2. The molecule has 7 rings (SSSR count). The number of aromatic hydroxyl groups is 1. The van der Waals surface area contributed by atoms with Crippen molar-refractivity contribution in [1.29, 1.82) is 0 Å². The van der Waals surface area contributed by atoms with Gasteiger partial charge in [0.15, 0.2) is 5.65 Å². The summed E-state index contributed by atoms with van der Waals surface area (Å²) in [5.74, 6) is 0.189. The molecule has 2 aliphatic heterocycles. The number of pyridine rings is 1. The van der Waals surface area contributed by atoms with Crippen molar-refractivity contribution < 1.29 is 5.11 Å². The second-order valence-electron chi connectivity index (χ2n) is 9.87. The van der Waals surface area contributed by atoms with Gasteiger partial charge in [0.1, 0.15) is 11.4 Å². The number of benzene rings is 2. The van der Waals surface area contributed by atoms with Gasteiger partial charge in [0.2, 0.25) is 0 Å². The molecule has 0 radical (unpaired) electrons. The molecule has 0 spiro atoms. The van der Waals surface area contributed by atoms with E-state index < -0.39 is 0 Å². The van der Waals surface area contributed by atoms with Crippen LogP contribution < -0.4 is 4.90 Å². The molecule has 0 unspecified atom stereocenters. The van der Waals surface area contributed by atoms with Crippen LogP contribution >= 0.6 is 11.6 Å². The average Bonchev–Trinajstić information content (AvgIpc) is 3.61. The number of hydrogen-bond acceptors (Lipinski definition) is 6. The highest BCUT2D eigenvalue weighted by Crippen LogP contribution is 2.40. The van der Waals surface area contributed by atoms with Crippen LogP contribution in [0.3, 0.4) is 0 Å². The number of aromatic nitrogens is 4. The number of hydrogen-bond donors (Lipinski definition) is 1. The number of anilines is 1. The molecule has 5 heterocycles. The van der Waals surface area contributed by atoms with Crippen molar-refractivity contribution in [2.75, 3.05) is 25.0 Å². The van der Waals surface area contributed by atoms with Crippen LogP contribution in [0.4, 0.5) is 5.69 Å². The standard InChI is InChI=1S/C29H25ClN6O/c1-34-16-22-14-21(34)17-35(22)20-5-6-24(25(30)15-20)26-9-12-32-29-27(19-3-2-4-23(37)13-19)28(33-36(26)29)18-7-10-31-11-8-18/h2-13,15,21-22,37H,14,16-17H2,1H3/t21-,22-/m1/s1. The maximum Gasteiger partial charge on any atom is 0.164 e. The van der Waals surface area contributed by atoms with Crippen molar-refractivity contribution in [3.63, 3.8) is 0 Å². The van der Waals surface area contributed by atoms with Crippen LogP contribution in [-0.4, -0.2) is 61.8 Å². The molecule has 3 aromatic heterocycles. The van der Waals surface area contributed by atoms with E-state index in [1.807, 2.05) is 34.8 Å². The third-order valence-corrected chi connectivity index (χ3v) is 7.99. The van der Waals surface area contributed by atoms with Crippen molar-refractivity contribution in [2.45, 2.75) is 18.5 Å². The van der Waals surface area contributed by atoms with Gasteiger partial charge in [-0.3, -0.25) is 9.88 Å². The summed E-state index contributed by atoms with van der Waals surface area (Å²) in [6.07, 6.45) is 6.49. The molecule has 0 amide bonds. The average molecular weight is 509 g/mol. The Bertz CT molecular complexity index is 1630. The number of likely N-dealkylation sites (tertiary alicyclic amines) is 1. The van der Waals surface area contributed by atoms with Gasteiger partial charge >= 0.3 is 0 Å². The molecule has 2 aliphatic rings. The molecule has 0 saturated carbocycles. The van der Waals surface area contributed by atoms with E-state index in [1.165, 1.54) is 6.42 Å². The van der Waals surface area contributed by atoms with E-state index in [0.717, 1.165) is 52.4 Å². The fourth-order valence-electron chi connectivity index (χ4n) is 5.86. The molecule has 2 bridgehead atoms. The van der Waals surface area contributed by atoms with E-state index in [0.29, 0.717) is 22.8 Å². The quantitative estimate of drug-likeness (QED) is 0.351. The second kappa shape index (κ2) is 8.57. The predicted molar refractivity (Wildman–Crippen MR) is 146 cm³/mol. The molecule has 2 saturated heterocycles. The van der Waals surface area contributed by atoms with E-state index in [4.69, 9.17) is 21.7 Å². The first-order chi connectivity index (χ1) is 18.1. The molecule has 0 aliphatic carbocycles. The summed E-state index contributed by atoms with van der Waals surface area (Å²) < 4.78 is 1.85. The fraction of sp³-hybridized carbons (Fsp3) is 0.207. The first-order valence-corrected chi connectivity index (χ1v) is 12.8. The van der Waals surface area contributed by atoms with E-state index in [1.54, 1.807) is 30.7 Å². The van der Waals surface area contributed by atoms with Crippen LogP contribution in [0.2, 0.25) is 5.02 Å². The molecule has 2 fully saturated rings.